The first-order valence-electron chi connectivity index (χ1n) is 7.61. The van der Waals surface area contributed by atoms with Crippen LogP contribution in [0.1, 0.15) is 19.3 Å². The summed E-state index contributed by atoms with van der Waals surface area (Å²) in [5.41, 5.74) is 5.78. The van der Waals surface area contributed by atoms with Gasteiger partial charge in [0.05, 0.1) is 17.2 Å². The summed E-state index contributed by atoms with van der Waals surface area (Å²) in [6, 6.07) is 6.57. The van der Waals surface area contributed by atoms with E-state index in [2.05, 4.69) is 4.98 Å². The summed E-state index contributed by atoms with van der Waals surface area (Å²) in [4.78, 5) is 41.7. The Labute approximate surface area is 132 Å². The van der Waals surface area contributed by atoms with Gasteiger partial charge < -0.3 is 10.6 Å². The van der Waals surface area contributed by atoms with Crippen molar-refractivity contribution in [1.29, 1.82) is 0 Å². The molecule has 1 aromatic heterocycles. The fraction of sp³-hybridized carbons (Fsp3) is 0.375. The number of hydrogen-bond acceptors (Lipinski definition) is 4. The monoisotopic (exact) mass is 314 g/mol. The molecule has 1 aliphatic rings. The van der Waals surface area contributed by atoms with Gasteiger partial charge in [-0.05, 0) is 25.0 Å². The van der Waals surface area contributed by atoms with Crippen LogP contribution in [0.4, 0.5) is 0 Å². The van der Waals surface area contributed by atoms with Gasteiger partial charge in [0.1, 0.15) is 6.04 Å². The average Bonchev–Trinajstić information content (AvgIpc) is 3.04. The second kappa shape index (κ2) is 6.20. The quantitative estimate of drug-likeness (QED) is 0.875. The highest BCUT2D eigenvalue weighted by molar-refractivity contribution is 5.87. The highest BCUT2D eigenvalue weighted by Crippen LogP contribution is 2.18. The number of para-hydroxylation sites is 1. The van der Waals surface area contributed by atoms with Gasteiger partial charge in [-0.15, -0.1) is 0 Å². The second-order valence-corrected chi connectivity index (χ2v) is 5.66. The molecule has 7 heteroatoms. The molecule has 1 aliphatic heterocycles. The van der Waals surface area contributed by atoms with Gasteiger partial charge in [0.25, 0.3) is 5.56 Å². The SMILES string of the molecule is NC(=O)[C@@H]1CCCN1C(=O)CCn1cnc2ccccc2c1=O. The van der Waals surface area contributed by atoms with Crippen LogP contribution in [0.5, 0.6) is 0 Å². The molecule has 2 N–H and O–H groups in total. The van der Waals surface area contributed by atoms with Crippen LogP contribution in [-0.2, 0) is 16.1 Å². The van der Waals surface area contributed by atoms with E-state index in [-0.39, 0.29) is 24.4 Å². The molecular weight excluding hydrogens is 296 g/mol. The normalized spacial score (nSPS) is 17.6. The van der Waals surface area contributed by atoms with Gasteiger partial charge >= 0.3 is 0 Å². The summed E-state index contributed by atoms with van der Waals surface area (Å²) in [6.45, 7) is 0.773. The van der Waals surface area contributed by atoms with Crippen LogP contribution in [0.3, 0.4) is 0 Å². The van der Waals surface area contributed by atoms with Crippen molar-refractivity contribution in [3.8, 4) is 0 Å². The van der Waals surface area contributed by atoms with E-state index in [1.807, 2.05) is 6.07 Å². The highest BCUT2D eigenvalue weighted by Gasteiger charge is 2.32. The number of aromatic nitrogens is 2. The van der Waals surface area contributed by atoms with Crippen molar-refractivity contribution in [2.45, 2.75) is 31.8 Å². The number of hydrogen-bond donors (Lipinski definition) is 1. The third-order valence-electron chi connectivity index (χ3n) is 4.20. The smallest absolute Gasteiger partial charge is 0.261 e. The Kier molecular flexibility index (Phi) is 4.10. The lowest BCUT2D eigenvalue weighted by atomic mass is 10.2. The van der Waals surface area contributed by atoms with Crippen molar-refractivity contribution in [2.75, 3.05) is 6.54 Å². The molecule has 0 radical (unpaired) electrons. The molecule has 2 amide bonds. The molecule has 1 aromatic carbocycles. The molecule has 23 heavy (non-hydrogen) atoms. The van der Waals surface area contributed by atoms with Crippen molar-refractivity contribution in [1.82, 2.24) is 14.5 Å². The van der Waals surface area contributed by atoms with E-state index in [1.54, 1.807) is 18.2 Å². The summed E-state index contributed by atoms with van der Waals surface area (Å²) >= 11 is 0. The van der Waals surface area contributed by atoms with Gasteiger partial charge in [-0.1, -0.05) is 12.1 Å². The Bertz CT molecular complexity index is 814. The molecule has 0 bridgehead atoms. The summed E-state index contributed by atoms with van der Waals surface area (Å²) in [6.07, 6.45) is 2.98. The molecule has 3 rings (SSSR count). The largest absolute Gasteiger partial charge is 0.368 e. The molecule has 1 saturated heterocycles. The maximum atomic E-state index is 12.4. The molecule has 0 spiro atoms. The summed E-state index contributed by atoms with van der Waals surface area (Å²) < 4.78 is 1.43. The third kappa shape index (κ3) is 2.94. The number of carbonyl (C=O) groups excluding carboxylic acids is 2. The molecule has 1 atom stereocenters. The lowest BCUT2D eigenvalue weighted by Gasteiger charge is -2.22. The van der Waals surface area contributed by atoms with E-state index < -0.39 is 11.9 Å². The fourth-order valence-corrected chi connectivity index (χ4v) is 2.99. The first-order chi connectivity index (χ1) is 11.1. The molecule has 7 nitrogen and oxygen atoms in total. The number of benzene rings is 1. The molecule has 120 valence electrons. The molecule has 2 aromatic rings. The second-order valence-electron chi connectivity index (χ2n) is 5.66. The lowest BCUT2D eigenvalue weighted by Crippen LogP contribution is -2.44. The van der Waals surface area contributed by atoms with Crippen molar-refractivity contribution in [3.05, 3.63) is 40.9 Å². The number of primary amides is 1. The van der Waals surface area contributed by atoms with Crippen molar-refractivity contribution < 1.29 is 9.59 Å². The number of nitrogens with zero attached hydrogens (tertiary/aromatic N) is 3. The Morgan fingerprint density at radius 2 is 2.09 bits per heavy atom. The van der Waals surface area contributed by atoms with Crippen LogP contribution in [0.2, 0.25) is 0 Å². The summed E-state index contributed by atoms with van der Waals surface area (Å²) in [5.74, 6) is -0.633. The molecule has 2 heterocycles. The Hall–Kier alpha value is -2.70. The van der Waals surface area contributed by atoms with Crippen LogP contribution >= 0.6 is 0 Å². The van der Waals surface area contributed by atoms with Gasteiger partial charge in [0.15, 0.2) is 0 Å². The van der Waals surface area contributed by atoms with Crippen molar-refractivity contribution in [3.63, 3.8) is 0 Å². The third-order valence-corrected chi connectivity index (χ3v) is 4.20. The van der Waals surface area contributed by atoms with E-state index in [0.717, 1.165) is 6.42 Å². The minimum atomic E-state index is -0.519. The minimum absolute atomic E-state index is 0.143. The molecule has 1 fully saturated rings. The van der Waals surface area contributed by atoms with E-state index in [4.69, 9.17) is 5.73 Å². The topological polar surface area (TPSA) is 98.3 Å². The van der Waals surface area contributed by atoms with Gasteiger partial charge in [0.2, 0.25) is 11.8 Å². The number of carbonyl (C=O) groups is 2. The zero-order valence-electron chi connectivity index (χ0n) is 12.6. The van der Waals surface area contributed by atoms with Crippen LogP contribution in [-0.4, -0.2) is 38.9 Å². The first-order valence-corrected chi connectivity index (χ1v) is 7.61. The Balaban J connectivity index is 1.73. The van der Waals surface area contributed by atoms with Crippen LogP contribution < -0.4 is 11.3 Å². The maximum Gasteiger partial charge on any atom is 0.261 e. The number of fused-ring (bicyclic) bond motifs is 1. The molecule has 0 saturated carbocycles. The van der Waals surface area contributed by atoms with Crippen molar-refractivity contribution in [2.24, 2.45) is 5.73 Å². The van der Waals surface area contributed by atoms with Gasteiger partial charge in [0, 0.05) is 19.5 Å². The number of nitrogens with two attached hydrogens (primary N) is 1. The van der Waals surface area contributed by atoms with E-state index >= 15 is 0 Å². The first kappa shape index (κ1) is 15.2. The van der Waals surface area contributed by atoms with E-state index in [1.165, 1.54) is 15.8 Å². The summed E-state index contributed by atoms with van der Waals surface area (Å²) in [7, 11) is 0. The minimum Gasteiger partial charge on any atom is -0.368 e. The van der Waals surface area contributed by atoms with E-state index in [0.29, 0.717) is 23.9 Å². The number of amides is 2. The zero-order chi connectivity index (χ0) is 16.4. The number of rotatable bonds is 4. The average molecular weight is 314 g/mol. The molecular formula is C16H18N4O3. The predicted octanol–water partition coefficient (Wildman–Crippen LogP) is 0.263. The van der Waals surface area contributed by atoms with Gasteiger partial charge in [-0.2, -0.15) is 0 Å². The van der Waals surface area contributed by atoms with Crippen molar-refractivity contribution >= 4 is 22.7 Å². The zero-order valence-corrected chi connectivity index (χ0v) is 12.6. The van der Waals surface area contributed by atoms with Gasteiger partial charge in [-0.25, -0.2) is 4.98 Å². The Morgan fingerprint density at radius 1 is 1.30 bits per heavy atom. The maximum absolute atomic E-state index is 12.4. The standard InChI is InChI=1S/C16H18N4O3/c17-15(22)13-6-3-8-20(13)14(21)7-9-19-10-18-12-5-2-1-4-11(12)16(19)23/h1-2,4-5,10,13H,3,6-9H2,(H2,17,22)/t13-/m0/s1. The number of likely N-dealkylation sites (tertiary alicyclic amines) is 1. The number of aryl methyl sites for hydroxylation is 1. The van der Waals surface area contributed by atoms with E-state index in [9.17, 15) is 14.4 Å². The Morgan fingerprint density at radius 3 is 2.87 bits per heavy atom. The van der Waals surface area contributed by atoms with Crippen LogP contribution in [0.25, 0.3) is 10.9 Å². The van der Waals surface area contributed by atoms with Gasteiger partial charge in [-0.3, -0.25) is 19.0 Å². The molecule has 0 aliphatic carbocycles. The van der Waals surface area contributed by atoms with Crippen LogP contribution in [0, 0.1) is 0 Å². The van der Waals surface area contributed by atoms with Crippen LogP contribution in [0.15, 0.2) is 35.4 Å². The predicted molar refractivity (Wildman–Crippen MR) is 84.5 cm³/mol. The highest BCUT2D eigenvalue weighted by atomic mass is 16.2. The lowest BCUT2D eigenvalue weighted by molar-refractivity contribution is -0.137. The fourth-order valence-electron chi connectivity index (χ4n) is 2.99. The summed E-state index contributed by atoms with van der Waals surface area (Å²) in [5, 5.41) is 0.527. The molecule has 0 unspecified atom stereocenters.